The van der Waals surface area contributed by atoms with E-state index in [9.17, 15) is 5.11 Å². The standard InChI is InChI=1S/C9H12O3/c10-9(3-6-11-7-4-9)8-2-1-5-12-8/h1-2,5,10H,3-4,6-7H2. The minimum Gasteiger partial charge on any atom is -0.466 e. The van der Waals surface area contributed by atoms with E-state index < -0.39 is 5.60 Å². The van der Waals surface area contributed by atoms with Crippen molar-refractivity contribution in [3.63, 3.8) is 0 Å². The molecule has 1 aromatic heterocycles. The van der Waals surface area contributed by atoms with E-state index in [4.69, 9.17) is 9.15 Å². The number of furan rings is 1. The second-order valence-electron chi connectivity index (χ2n) is 3.12. The predicted molar refractivity (Wildman–Crippen MR) is 42.7 cm³/mol. The Bertz CT molecular complexity index is 234. The highest BCUT2D eigenvalue weighted by molar-refractivity contribution is 5.09. The predicted octanol–water partition coefficient (Wildman–Crippen LogP) is 1.28. The Morgan fingerprint density at radius 3 is 2.67 bits per heavy atom. The van der Waals surface area contributed by atoms with Crippen molar-refractivity contribution in [1.82, 2.24) is 0 Å². The fourth-order valence-electron chi connectivity index (χ4n) is 1.50. The van der Waals surface area contributed by atoms with Crippen molar-refractivity contribution < 1.29 is 14.3 Å². The average Bonchev–Trinajstić information content (AvgIpc) is 2.58. The molecule has 2 rings (SSSR count). The molecule has 12 heavy (non-hydrogen) atoms. The number of hydrogen-bond donors (Lipinski definition) is 1. The lowest BCUT2D eigenvalue weighted by molar-refractivity contribution is -0.0800. The number of hydrogen-bond acceptors (Lipinski definition) is 3. The third-order valence-corrected chi connectivity index (χ3v) is 2.30. The van der Waals surface area contributed by atoms with E-state index in [0.717, 1.165) is 0 Å². The maximum atomic E-state index is 10.1. The van der Waals surface area contributed by atoms with Crippen molar-refractivity contribution in [2.45, 2.75) is 18.4 Å². The van der Waals surface area contributed by atoms with Crippen molar-refractivity contribution in [2.24, 2.45) is 0 Å². The van der Waals surface area contributed by atoms with Gasteiger partial charge in [-0.1, -0.05) is 0 Å². The van der Waals surface area contributed by atoms with Gasteiger partial charge < -0.3 is 14.3 Å². The lowest BCUT2D eigenvalue weighted by Crippen LogP contribution is -2.32. The van der Waals surface area contributed by atoms with E-state index in [-0.39, 0.29) is 0 Å². The summed E-state index contributed by atoms with van der Waals surface area (Å²) in [6, 6.07) is 3.61. The maximum Gasteiger partial charge on any atom is 0.135 e. The first-order valence-corrected chi connectivity index (χ1v) is 4.15. The number of rotatable bonds is 1. The van der Waals surface area contributed by atoms with Gasteiger partial charge in [-0.25, -0.2) is 0 Å². The Labute approximate surface area is 71.0 Å². The van der Waals surface area contributed by atoms with Crippen molar-refractivity contribution in [1.29, 1.82) is 0 Å². The van der Waals surface area contributed by atoms with Crippen LogP contribution in [-0.4, -0.2) is 18.3 Å². The summed E-state index contributed by atoms with van der Waals surface area (Å²) in [5.74, 6) is 0.658. The van der Waals surface area contributed by atoms with Gasteiger partial charge in [0.15, 0.2) is 0 Å². The third-order valence-electron chi connectivity index (χ3n) is 2.30. The molecule has 3 nitrogen and oxygen atoms in total. The summed E-state index contributed by atoms with van der Waals surface area (Å²) >= 11 is 0. The van der Waals surface area contributed by atoms with Crippen LogP contribution in [0.25, 0.3) is 0 Å². The topological polar surface area (TPSA) is 42.6 Å². The van der Waals surface area contributed by atoms with Gasteiger partial charge in [0, 0.05) is 26.1 Å². The third kappa shape index (κ3) is 1.26. The van der Waals surface area contributed by atoms with Crippen LogP contribution >= 0.6 is 0 Å². The van der Waals surface area contributed by atoms with E-state index in [0.29, 0.717) is 31.8 Å². The van der Waals surface area contributed by atoms with Crippen molar-refractivity contribution in [2.75, 3.05) is 13.2 Å². The van der Waals surface area contributed by atoms with Gasteiger partial charge in [0.25, 0.3) is 0 Å². The summed E-state index contributed by atoms with van der Waals surface area (Å²) in [6.45, 7) is 1.22. The molecular weight excluding hydrogens is 156 g/mol. The zero-order chi connectivity index (χ0) is 8.44. The maximum absolute atomic E-state index is 10.1. The van der Waals surface area contributed by atoms with Crippen LogP contribution in [0, 0.1) is 0 Å². The molecular formula is C9H12O3. The summed E-state index contributed by atoms with van der Waals surface area (Å²) in [5, 5.41) is 10.1. The van der Waals surface area contributed by atoms with Crippen LogP contribution in [0.15, 0.2) is 22.8 Å². The van der Waals surface area contributed by atoms with Crippen LogP contribution in [0.4, 0.5) is 0 Å². The minimum atomic E-state index is -0.790. The highest BCUT2D eigenvalue weighted by Gasteiger charge is 2.34. The van der Waals surface area contributed by atoms with Crippen molar-refractivity contribution >= 4 is 0 Å². The Hall–Kier alpha value is -0.800. The lowest BCUT2D eigenvalue weighted by Gasteiger charge is -2.29. The van der Waals surface area contributed by atoms with Crippen LogP contribution in [-0.2, 0) is 10.3 Å². The summed E-state index contributed by atoms with van der Waals surface area (Å²) in [7, 11) is 0. The molecule has 1 aromatic rings. The molecule has 66 valence electrons. The second-order valence-corrected chi connectivity index (χ2v) is 3.12. The Kier molecular flexibility index (Phi) is 1.90. The monoisotopic (exact) mass is 168 g/mol. The first-order chi connectivity index (χ1) is 5.81. The number of ether oxygens (including phenoxy) is 1. The van der Waals surface area contributed by atoms with Crippen LogP contribution in [0.3, 0.4) is 0 Å². The molecule has 1 N–H and O–H groups in total. The molecule has 0 atom stereocenters. The highest BCUT2D eigenvalue weighted by Crippen LogP contribution is 2.31. The van der Waals surface area contributed by atoms with E-state index in [1.54, 1.807) is 12.3 Å². The molecule has 1 fully saturated rings. The molecule has 0 saturated carbocycles. The van der Waals surface area contributed by atoms with E-state index in [1.165, 1.54) is 0 Å². The quantitative estimate of drug-likeness (QED) is 0.686. The smallest absolute Gasteiger partial charge is 0.135 e. The lowest BCUT2D eigenvalue weighted by atomic mass is 9.92. The van der Waals surface area contributed by atoms with Gasteiger partial charge in [-0.05, 0) is 12.1 Å². The van der Waals surface area contributed by atoms with Crippen molar-refractivity contribution in [3.05, 3.63) is 24.2 Å². The Morgan fingerprint density at radius 1 is 1.33 bits per heavy atom. The van der Waals surface area contributed by atoms with E-state index in [1.807, 2.05) is 6.07 Å². The molecule has 0 spiro atoms. The van der Waals surface area contributed by atoms with Crippen molar-refractivity contribution in [3.8, 4) is 0 Å². The van der Waals surface area contributed by atoms with Gasteiger partial charge in [0.05, 0.1) is 6.26 Å². The van der Waals surface area contributed by atoms with Gasteiger partial charge in [0.1, 0.15) is 11.4 Å². The molecule has 0 aromatic carbocycles. The molecule has 3 heteroatoms. The Balaban J connectivity index is 2.19. The normalized spacial score (nSPS) is 22.4. The molecule has 0 unspecified atom stereocenters. The van der Waals surface area contributed by atoms with Gasteiger partial charge >= 0.3 is 0 Å². The van der Waals surface area contributed by atoms with Gasteiger partial charge in [-0.3, -0.25) is 0 Å². The summed E-state index contributed by atoms with van der Waals surface area (Å²) in [6.07, 6.45) is 2.84. The minimum absolute atomic E-state index is 0.608. The highest BCUT2D eigenvalue weighted by atomic mass is 16.5. The van der Waals surface area contributed by atoms with E-state index in [2.05, 4.69) is 0 Å². The van der Waals surface area contributed by atoms with E-state index >= 15 is 0 Å². The molecule has 0 amide bonds. The average molecular weight is 168 g/mol. The fraction of sp³-hybridized carbons (Fsp3) is 0.556. The molecule has 1 aliphatic rings. The molecule has 0 aliphatic carbocycles. The molecule has 2 heterocycles. The number of aliphatic hydroxyl groups is 1. The fourth-order valence-corrected chi connectivity index (χ4v) is 1.50. The molecule has 1 saturated heterocycles. The summed E-state index contributed by atoms with van der Waals surface area (Å²) in [4.78, 5) is 0. The van der Waals surface area contributed by atoms with Gasteiger partial charge in [-0.15, -0.1) is 0 Å². The van der Waals surface area contributed by atoms with Gasteiger partial charge in [-0.2, -0.15) is 0 Å². The van der Waals surface area contributed by atoms with Gasteiger partial charge in [0.2, 0.25) is 0 Å². The van der Waals surface area contributed by atoms with Crippen LogP contribution < -0.4 is 0 Å². The molecule has 0 radical (unpaired) electrons. The zero-order valence-electron chi connectivity index (χ0n) is 6.82. The summed E-state index contributed by atoms with van der Waals surface area (Å²) in [5.41, 5.74) is -0.790. The van der Waals surface area contributed by atoms with Crippen LogP contribution in [0.5, 0.6) is 0 Å². The molecule has 0 bridgehead atoms. The summed E-state index contributed by atoms with van der Waals surface area (Å²) < 4.78 is 10.3. The second kappa shape index (κ2) is 2.92. The largest absolute Gasteiger partial charge is 0.466 e. The van der Waals surface area contributed by atoms with Crippen LogP contribution in [0.1, 0.15) is 18.6 Å². The Morgan fingerprint density at radius 2 is 2.08 bits per heavy atom. The first kappa shape index (κ1) is 7.83. The van der Waals surface area contributed by atoms with Crippen LogP contribution in [0.2, 0.25) is 0 Å². The zero-order valence-corrected chi connectivity index (χ0v) is 6.82. The first-order valence-electron chi connectivity index (χ1n) is 4.15. The SMILES string of the molecule is OC1(c2ccco2)CCOCC1. The molecule has 1 aliphatic heterocycles.